The lowest BCUT2D eigenvalue weighted by atomic mass is 9.92. The van der Waals surface area contributed by atoms with E-state index in [2.05, 4.69) is 32.2 Å². The molecule has 2 rings (SSSR count). The van der Waals surface area contributed by atoms with Crippen LogP contribution in [0.1, 0.15) is 45.7 Å². The summed E-state index contributed by atoms with van der Waals surface area (Å²) in [6, 6.07) is 6.39. The molecule has 20 heavy (non-hydrogen) atoms. The molecule has 0 saturated carbocycles. The normalized spacial score (nSPS) is 14.6. The molecular weight excluding hydrogens is 252 g/mol. The van der Waals surface area contributed by atoms with Crippen molar-refractivity contribution < 1.29 is 4.42 Å². The summed E-state index contributed by atoms with van der Waals surface area (Å²) in [4.78, 5) is 11.7. The van der Waals surface area contributed by atoms with Crippen LogP contribution in [0.4, 0.5) is 0 Å². The molecule has 0 aliphatic heterocycles. The van der Waals surface area contributed by atoms with Crippen molar-refractivity contribution in [3.05, 3.63) is 34.3 Å². The zero-order valence-corrected chi connectivity index (χ0v) is 12.8. The van der Waals surface area contributed by atoms with Gasteiger partial charge in [-0.3, -0.25) is 4.57 Å². The molecule has 1 N–H and O–H groups in total. The molecule has 2 atom stereocenters. The third-order valence-electron chi connectivity index (χ3n) is 4.00. The van der Waals surface area contributed by atoms with Crippen LogP contribution in [0, 0.1) is 5.92 Å². The van der Waals surface area contributed by atoms with Crippen LogP contribution in [0.25, 0.3) is 11.1 Å². The van der Waals surface area contributed by atoms with E-state index in [1.165, 1.54) is 5.56 Å². The summed E-state index contributed by atoms with van der Waals surface area (Å²) in [7, 11) is 0. The minimum Gasteiger partial charge on any atom is -0.408 e. The minimum absolute atomic E-state index is 0.275. The standard InChI is InChI=1S/C16H24N2O2/c1-5-11(4)15(17-6-2)12-8-9-13-14(10-12)20-16(19)18(13)7-3/h8-11,15,17H,5-7H2,1-4H3. The average molecular weight is 276 g/mol. The summed E-state index contributed by atoms with van der Waals surface area (Å²) >= 11 is 0. The van der Waals surface area contributed by atoms with Crippen molar-refractivity contribution in [3.8, 4) is 0 Å². The smallest absolute Gasteiger partial charge is 0.408 e. The van der Waals surface area contributed by atoms with Gasteiger partial charge < -0.3 is 9.73 Å². The van der Waals surface area contributed by atoms with Gasteiger partial charge >= 0.3 is 5.76 Å². The van der Waals surface area contributed by atoms with Gasteiger partial charge in [0.25, 0.3) is 0 Å². The van der Waals surface area contributed by atoms with Gasteiger partial charge in [0.2, 0.25) is 0 Å². The summed E-state index contributed by atoms with van der Waals surface area (Å²) in [5.74, 6) is 0.260. The fourth-order valence-corrected chi connectivity index (χ4v) is 2.68. The molecule has 0 saturated heterocycles. The summed E-state index contributed by atoms with van der Waals surface area (Å²) in [5.41, 5.74) is 2.74. The van der Waals surface area contributed by atoms with Crippen molar-refractivity contribution in [1.29, 1.82) is 0 Å². The van der Waals surface area contributed by atoms with Gasteiger partial charge in [-0.05, 0) is 37.1 Å². The first kappa shape index (κ1) is 14.9. The van der Waals surface area contributed by atoms with Crippen LogP contribution in [0.15, 0.2) is 27.4 Å². The first-order chi connectivity index (χ1) is 9.62. The van der Waals surface area contributed by atoms with Crippen molar-refractivity contribution in [1.82, 2.24) is 9.88 Å². The number of oxazole rings is 1. The molecular formula is C16H24N2O2. The first-order valence-electron chi connectivity index (χ1n) is 7.49. The van der Waals surface area contributed by atoms with Crippen molar-refractivity contribution >= 4 is 11.1 Å². The second-order valence-corrected chi connectivity index (χ2v) is 5.26. The fourth-order valence-electron chi connectivity index (χ4n) is 2.68. The Bertz CT molecular complexity index is 627. The number of hydrogen-bond donors (Lipinski definition) is 1. The molecule has 0 aliphatic carbocycles. The highest BCUT2D eigenvalue weighted by molar-refractivity contribution is 5.74. The van der Waals surface area contributed by atoms with E-state index in [-0.39, 0.29) is 5.76 Å². The summed E-state index contributed by atoms with van der Waals surface area (Å²) < 4.78 is 7.01. The number of aryl methyl sites for hydroxylation is 1. The van der Waals surface area contributed by atoms with E-state index in [4.69, 9.17) is 4.42 Å². The Balaban J connectivity index is 2.46. The van der Waals surface area contributed by atoms with Crippen LogP contribution in [-0.2, 0) is 6.54 Å². The Kier molecular flexibility index (Phi) is 4.65. The third-order valence-corrected chi connectivity index (χ3v) is 4.00. The molecule has 2 aromatic rings. The van der Waals surface area contributed by atoms with Gasteiger partial charge in [0, 0.05) is 12.6 Å². The lowest BCUT2D eigenvalue weighted by Gasteiger charge is -2.24. The van der Waals surface area contributed by atoms with Crippen molar-refractivity contribution in [2.24, 2.45) is 5.92 Å². The van der Waals surface area contributed by atoms with Gasteiger partial charge in [-0.15, -0.1) is 0 Å². The molecule has 0 bridgehead atoms. The van der Waals surface area contributed by atoms with E-state index in [1.54, 1.807) is 4.57 Å². The number of aromatic nitrogens is 1. The molecule has 0 fully saturated rings. The molecule has 4 heteroatoms. The zero-order chi connectivity index (χ0) is 14.7. The third kappa shape index (κ3) is 2.66. The minimum atomic E-state index is -0.275. The second kappa shape index (κ2) is 6.27. The first-order valence-corrected chi connectivity index (χ1v) is 7.49. The predicted octanol–water partition coefficient (Wildman–Crippen LogP) is 3.31. The number of rotatable bonds is 6. The van der Waals surface area contributed by atoms with Crippen molar-refractivity contribution in [2.45, 2.75) is 46.7 Å². The number of fused-ring (bicyclic) bond motifs is 1. The molecule has 110 valence electrons. The molecule has 1 aromatic carbocycles. The molecule has 2 unspecified atom stereocenters. The lowest BCUT2D eigenvalue weighted by Crippen LogP contribution is -2.26. The number of benzene rings is 1. The molecule has 0 aliphatic rings. The van der Waals surface area contributed by atoms with Crippen LogP contribution in [0.3, 0.4) is 0 Å². The Morgan fingerprint density at radius 2 is 2.05 bits per heavy atom. The monoisotopic (exact) mass is 276 g/mol. The van der Waals surface area contributed by atoms with E-state index < -0.39 is 0 Å². The van der Waals surface area contributed by atoms with E-state index in [1.807, 2.05) is 19.1 Å². The van der Waals surface area contributed by atoms with Crippen LogP contribution in [0.5, 0.6) is 0 Å². The van der Waals surface area contributed by atoms with E-state index in [0.29, 0.717) is 24.1 Å². The van der Waals surface area contributed by atoms with Gasteiger partial charge in [-0.1, -0.05) is 33.3 Å². The largest absolute Gasteiger partial charge is 0.419 e. The highest BCUT2D eigenvalue weighted by Gasteiger charge is 2.18. The molecule has 1 heterocycles. The Hall–Kier alpha value is -1.55. The van der Waals surface area contributed by atoms with Crippen LogP contribution < -0.4 is 11.1 Å². The Morgan fingerprint density at radius 3 is 2.65 bits per heavy atom. The Labute approximate surface area is 119 Å². The highest BCUT2D eigenvalue weighted by Crippen LogP contribution is 2.27. The quantitative estimate of drug-likeness (QED) is 0.880. The molecule has 0 amide bonds. The number of nitrogens with zero attached hydrogens (tertiary/aromatic N) is 1. The maximum atomic E-state index is 11.7. The predicted molar refractivity (Wildman–Crippen MR) is 82.0 cm³/mol. The van der Waals surface area contributed by atoms with Crippen molar-refractivity contribution in [2.75, 3.05) is 6.54 Å². The molecule has 1 aromatic heterocycles. The van der Waals surface area contributed by atoms with E-state index in [0.717, 1.165) is 18.5 Å². The maximum Gasteiger partial charge on any atom is 0.419 e. The molecule has 0 radical (unpaired) electrons. The van der Waals surface area contributed by atoms with E-state index in [9.17, 15) is 4.79 Å². The van der Waals surface area contributed by atoms with Gasteiger partial charge in [-0.2, -0.15) is 0 Å². The topological polar surface area (TPSA) is 47.2 Å². The van der Waals surface area contributed by atoms with Gasteiger partial charge in [-0.25, -0.2) is 4.79 Å². The number of nitrogens with one attached hydrogen (secondary N) is 1. The van der Waals surface area contributed by atoms with E-state index >= 15 is 0 Å². The Morgan fingerprint density at radius 1 is 1.30 bits per heavy atom. The second-order valence-electron chi connectivity index (χ2n) is 5.26. The summed E-state index contributed by atoms with van der Waals surface area (Å²) in [5, 5.41) is 3.52. The SMILES string of the molecule is CCNC(c1ccc2c(c1)oc(=O)n2CC)C(C)CC. The van der Waals surface area contributed by atoms with Crippen LogP contribution in [-0.4, -0.2) is 11.1 Å². The zero-order valence-electron chi connectivity index (χ0n) is 12.8. The fraction of sp³-hybridized carbons (Fsp3) is 0.562. The van der Waals surface area contributed by atoms with Gasteiger partial charge in [0.05, 0.1) is 5.52 Å². The molecule has 4 nitrogen and oxygen atoms in total. The molecule has 0 spiro atoms. The van der Waals surface area contributed by atoms with Gasteiger partial charge in [0.1, 0.15) is 0 Å². The van der Waals surface area contributed by atoms with Crippen LogP contribution >= 0.6 is 0 Å². The lowest BCUT2D eigenvalue weighted by molar-refractivity contribution is 0.384. The average Bonchev–Trinajstić information content (AvgIpc) is 2.78. The number of hydrogen-bond acceptors (Lipinski definition) is 3. The summed E-state index contributed by atoms with van der Waals surface area (Å²) in [6.45, 7) is 10.1. The highest BCUT2D eigenvalue weighted by atomic mass is 16.4. The maximum absolute atomic E-state index is 11.7. The van der Waals surface area contributed by atoms with Crippen LogP contribution in [0.2, 0.25) is 0 Å². The van der Waals surface area contributed by atoms with Crippen molar-refractivity contribution in [3.63, 3.8) is 0 Å². The van der Waals surface area contributed by atoms with Gasteiger partial charge in [0.15, 0.2) is 5.58 Å². The summed E-state index contributed by atoms with van der Waals surface area (Å²) in [6.07, 6.45) is 1.11.